The highest BCUT2D eigenvalue weighted by atomic mass is 16.5. The molecule has 0 aliphatic rings. The van der Waals surface area contributed by atoms with Gasteiger partial charge in [0.1, 0.15) is 0 Å². The fraction of sp³-hybridized carbons (Fsp3) is 0.917. The van der Waals surface area contributed by atoms with Gasteiger partial charge in [0.15, 0.2) is 0 Å². The van der Waals surface area contributed by atoms with E-state index in [-0.39, 0.29) is 11.5 Å². The molecule has 2 N–H and O–H groups in total. The Morgan fingerprint density at radius 1 is 1.35 bits per heavy atom. The van der Waals surface area contributed by atoms with Crippen molar-refractivity contribution in [3.63, 3.8) is 0 Å². The quantitative estimate of drug-likeness (QED) is 0.553. The number of ether oxygens (including phenoxy) is 2. The Labute approximate surface area is 104 Å². The highest BCUT2D eigenvalue weighted by Gasteiger charge is 2.17. The van der Waals surface area contributed by atoms with Crippen LogP contribution < -0.4 is 10.6 Å². The predicted molar refractivity (Wildman–Crippen MR) is 68.1 cm³/mol. The van der Waals surface area contributed by atoms with E-state index in [0.717, 1.165) is 6.42 Å². The summed E-state index contributed by atoms with van der Waals surface area (Å²) in [5.41, 5.74) is -0.231. The van der Waals surface area contributed by atoms with Crippen LogP contribution in [0.15, 0.2) is 0 Å². The molecule has 0 heterocycles. The number of rotatable bonds is 10. The lowest BCUT2D eigenvalue weighted by atomic mass is 10.1. The molecule has 0 aromatic heterocycles. The largest absolute Gasteiger partial charge is 0.385 e. The van der Waals surface area contributed by atoms with Gasteiger partial charge in [0.25, 0.3) is 0 Å². The summed E-state index contributed by atoms with van der Waals surface area (Å²) < 4.78 is 10.4. The van der Waals surface area contributed by atoms with E-state index in [9.17, 15) is 4.79 Å². The van der Waals surface area contributed by atoms with Crippen molar-refractivity contribution in [2.24, 2.45) is 0 Å². The number of carbonyl (C=O) groups excluding carboxylic acids is 1. The fourth-order valence-electron chi connectivity index (χ4n) is 1.43. The minimum absolute atomic E-state index is 0.00778. The van der Waals surface area contributed by atoms with E-state index < -0.39 is 0 Å². The van der Waals surface area contributed by atoms with Crippen molar-refractivity contribution in [3.8, 4) is 0 Å². The zero-order valence-electron chi connectivity index (χ0n) is 11.5. The van der Waals surface area contributed by atoms with Crippen LogP contribution in [-0.2, 0) is 14.3 Å². The minimum atomic E-state index is -0.231. The lowest BCUT2D eigenvalue weighted by Gasteiger charge is -2.24. The third-order valence-electron chi connectivity index (χ3n) is 2.22. The van der Waals surface area contributed by atoms with Crippen LogP contribution in [0.5, 0.6) is 0 Å². The van der Waals surface area contributed by atoms with E-state index in [1.807, 2.05) is 20.8 Å². The van der Waals surface area contributed by atoms with Gasteiger partial charge in [-0.25, -0.2) is 0 Å². The molecular formula is C12H26N2O3. The summed E-state index contributed by atoms with van der Waals surface area (Å²) in [5.74, 6) is 0.00778. The van der Waals surface area contributed by atoms with Gasteiger partial charge < -0.3 is 20.1 Å². The second-order valence-electron chi connectivity index (χ2n) is 4.49. The Kier molecular flexibility index (Phi) is 9.03. The first kappa shape index (κ1) is 16.4. The van der Waals surface area contributed by atoms with E-state index in [4.69, 9.17) is 9.47 Å². The van der Waals surface area contributed by atoms with Gasteiger partial charge in [-0.2, -0.15) is 0 Å². The maximum atomic E-state index is 11.4. The van der Waals surface area contributed by atoms with Gasteiger partial charge in [-0.1, -0.05) is 0 Å². The fourth-order valence-corrected chi connectivity index (χ4v) is 1.43. The molecule has 0 atom stereocenters. The van der Waals surface area contributed by atoms with Crippen LogP contribution in [0.3, 0.4) is 0 Å². The molecule has 0 saturated carbocycles. The molecule has 0 saturated heterocycles. The summed E-state index contributed by atoms with van der Waals surface area (Å²) in [6, 6.07) is 0. The van der Waals surface area contributed by atoms with E-state index >= 15 is 0 Å². The lowest BCUT2D eigenvalue weighted by molar-refractivity contribution is -0.120. The van der Waals surface area contributed by atoms with E-state index in [0.29, 0.717) is 32.8 Å². The Morgan fingerprint density at radius 2 is 2.06 bits per heavy atom. The maximum Gasteiger partial charge on any atom is 0.233 e. The monoisotopic (exact) mass is 246 g/mol. The predicted octanol–water partition coefficient (Wildman–Crippen LogP) is 0.544. The molecule has 0 aliphatic heterocycles. The Morgan fingerprint density at radius 3 is 2.65 bits per heavy atom. The number of nitrogens with one attached hydrogen (secondary N) is 2. The number of hydrogen-bond donors (Lipinski definition) is 2. The summed E-state index contributed by atoms with van der Waals surface area (Å²) in [7, 11) is 1.65. The number of hydrogen-bond acceptors (Lipinski definition) is 4. The lowest BCUT2D eigenvalue weighted by Crippen LogP contribution is -2.42. The van der Waals surface area contributed by atoms with Gasteiger partial charge in [0.05, 0.1) is 12.1 Å². The molecule has 0 unspecified atom stereocenters. The molecule has 0 aliphatic carbocycles. The molecule has 0 bridgehead atoms. The average Bonchev–Trinajstić information content (AvgIpc) is 2.24. The molecule has 17 heavy (non-hydrogen) atoms. The van der Waals surface area contributed by atoms with Gasteiger partial charge in [-0.15, -0.1) is 0 Å². The molecule has 0 aromatic rings. The van der Waals surface area contributed by atoms with Crippen LogP contribution in [0.1, 0.15) is 27.2 Å². The molecule has 0 spiro atoms. The molecule has 0 aromatic carbocycles. The van der Waals surface area contributed by atoms with Gasteiger partial charge >= 0.3 is 0 Å². The first-order valence-electron chi connectivity index (χ1n) is 6.12. The maximum absolute atomic E-state index is 11.4. The minimum Gasteiger partial charge on any atom is -0.385 e. The summed E-state index contributed by atoms with van der Waals surface area (Å²) in [6.07, 6.45) is 0.840. The van der Waals surface area contributed by atoms with Gasteiger partial charge in [-0.05, 0) is 27.2 Å². The molecular weight excluding hydrogens is 220 g/mol. The molecule has 102 valence electrons. The Bertz CT molecular complexity index is 208. The zero-order valence-corrected chi connectivity index (χ0v) is 11.5. The number of methoxy groups -OCH3 is 1. The van der Waals surface area contributed by atoms with Gasteiger partial charge in [-0.3, -0.25) is 4.79 Å². The topological polar surface area (TPSA) is 59.6 Å². The smallest absolute Gasteiger partial charge is 0.233 e. The van der Waals surface area contributed by atoms with E-state index in [1.165, 1.54) is 0 Å². The van der Waals surface area contributed by atoms with Crippen molar-refractivity contribution in [2.75, 3.05) is 40.0 Å². The third kappa shape index (κ3) is 10.2. The molecule has 0 radical (unpaired) electrons. The van der Waals surface area contributed by atoms with Crippen LogP contribution >= 0.6 is 0 Å². The number of amides is 1. The van der Waals surface area contributed by atoms with Gasteiger partial charge in [0.2, 0.25) is 5.91 Å². The first-order valence-corrected chi connectivity index (χ1v) is 6.12. The van der Waals surface area contributed by atoms with Crippen molar-refractivity contribution in [1.29, 1.82) is 0 Å². The Hall–Kier alpha value is -0.650. The number of carbonyl (C=O) groups is 1. The average molecular weight is 246 g/mol. The highest BCUT2D eigenvalue weighted by Crippen LogP contribution is 2.06. The van der Waals surface area contributed by atoms with E-state index in [1.54, 1.807) is 7.11 Å². The van der Waals surface area contributed by atoms with Crippen LogP contribution in [0.25, 0.3) is 0 Å². The van der Waals surface area contributed by atoms with E-state index in [2.05, 4.69) is 10.6 Å². The second-order valence-corrected chi connectivity index (χ2v) is 4.49. The van der Waals surface area contributed by atoms with Gasteiger partial charge in [0, 0.05) is 33.4 Å². The van der Waals surface area contributed by atoms with Crippen LogP contribution in [-0.4, -0.2) is 51.5 Å². The molecule has 0 fully saturated rings. The first-order chi connectivity index (χ1) is 8.02. The van der Waals surface area contributed by atoms with Crippen LogP contribution in [0, 0.1) is 0 Å². The normalized spacial score (nSPS) is 11.5. The molecule has 5 heteroatoms. The zero-order chi connectivity index (χ0) is 13.1. The van der Waals surface area contributed by atoms with Crippen molar-refractivity contribution in [1.82, 2.24) is 10.6 Å². The molecule has 0 rings (SSSR count). The van der Waals surface area contributed by atoms with Crippen molar-refractivity contribution >= 4 is 5.91 Å². The summed E-state index contributed by atoms with van der Waals surface area (Å²) in [5, 5.41) is 5.90. The molecule has 1 amide bonds. The summed E-state index contributed by atoms with van der Waals surface area (Å²) in [6.45, 7) is 8.95. The van der Waals surface area contributed by atoms with Crippen molar-refractivity contribution in [3.05, 3.63) is 0 Å². The van der Waals surface area contributed by atoms with Crippen LogP contribution in [0.2, 0.25) is 0 Å². The SMILES string of the molecule is CCOC(C)(C)CNCC(=O)NCCCOC. The highest BCUT2D eigenvalue weighted by molar-refractivity contribution is 5.77. The molecule has 5 nitrogen and oxygen atoms in total. The Balaban J connectivity index is 3.50. The van der Waals surface area contributed by atoms with Crippen LogP contribution in [0.4, 0.5) is 0 Å². The van der Waals surface area contributed by atoms with Crippen molar-refractivity contribution < 1.29 is 14.3 Å². The third-order valence-corrected chi connectivity index (χ3v) is 2.22. The summed E-state index contributed by atoms with van der Waals surface area (Å²) >= 11 is 0. The standard InChI is InChI=1S/C12H26N2O3/c1-5-17-12(2,3)10-13-9-11(15)14-7-6-8-16-4/h13H,5-10H2,1-4H3,(H,14,15). The summed E-state index contributed by atoms with van der Waals surface area (Å²) in [4.78, 5) is 11.4. The van der Waals surface area contributed by atoms with Crippen molar-refractivity contribution in [2.45, 2.75) is 32.8 Å². The second kappa shape index (κ2) is 9.39.